The van der Waals surface area contributed by atoms with Crippen molar-refractivity contribution >= 4 is 22.3 Å². The van der Waals surface area contributed by atoms with E-state index in [0.29, 0.717) is 0 Å². The van der Waals surface area contributed by atoms with E-state index < -0.39 is 0 Å². The number of nitrogens with two attached hydrogens (primary N) is 1. The molecule has 20 heavy (non-hydrogen) atoms. The van der Waals surface area contributed by atoms with E-state index in [1.165, 1.54) is 49.8 Å². The fourth-order valence-corrected chi connectivity index (χ4v) is 2.92. The van der Waals surface area contributed by atoms with Gasteiger partial charge in [-0.1, -0.05) is 0 Å². The Labute approximate surface area is 119 Å². The fraction of sp³-hybridized carbons (Fsp3) is 0.471. The summed E-state index contributed by atoms with van der Waals surface area (Å²) in [5.74, 6) is 1.82. The van der Waals surface area contributed by atoms with Crippen LogP contribution in [0.25, 0.3) is 10.9 Å². The average Bonchev–Trinajstić information content (AvgIpc) is 3.32. The average molecular weight is 267 g/mol. The molecule has 1 heterocycles. The highest BCUT2D eigenvalue weighted by Gasteiger charge is 2.29. The molecule has 2 aromatic rings. The first-order valence-electron chi connectivity index (χ1n) is 7.69. The molecule has 0 spiro atoms. The maximum absolute atomic E-state index is 5.88. The minimum absolute atomic E-state index is 0.790. The van der Waals surface area contributed by atoms with E-state index in [9.17, 15) is 0 Å². The van der Waals surface area contributed by atoms with Crippen LogP contribution in [-0.2, 0) is 0 Å². The van der Waals surface area contributed by atoms with Gasteiger partial charge in [-0.15, -0.1) is 0 Å². The first-order chi connectivity index (χ1) is 9.79. The van der Waals surface area contributed by atoms with Crippen molar-refractivity contribution < 1.29 is 0 Å². The Bertz CT molecular complexity index is 615. The number of hydrogen-bond donors (Lipinski definition) is 1. The van der Waals surface area contributed by atoms with Gasteiger partial charge in [-0.3, -0.25) is 4.98 Å². The summed E-state index contributed by atoms with van der Waals surface area (Å²) in [6.07, 6.45) is 7.52. The van der Waals surface area contributed by atoms with Crippen LogP contribution in [0.1, 0.15) is 25.7 Å². The quantitative estimate of drug-likeness (QED) is 0.844. The Morgan fingerprint density at radius 3 is 2.40 bits per heavy atom. The Hall–Kier alpha value is -1.77. The molecule has 2 aliphatic rings. The van der Waals surface area contributed by atoms with Crippen LogP contribution < -0.4 is 10.6 Å². The molecule has 104 valence electrons. The van der Waals surface area contributed by atoms with Crippen molar-refractivity contribution in [3.05, 3.63) is 30.5 Å². The van der Waals surface area contributed by atoms with E-state index >= 15 is 0 Å². The van der Waals surface area contributed by atoms with E-state index in [4.69, 9.17) is 5.73 Å². The lowest BCUT2D eigenvalue weighted by atomic mass is 10.1. The summed E-state index contributed by atoms with van der Waals surface area (Å²) in [5, 5.41) is 1.24. The van der Waals surface area contributed by atoms with Crippen LogP contribution in [0.3, 0.4) is 0 Å². The molecule has 2 saturated carbocycles. The second kappa shape index (κ2) is 4.65. The van der Waals surface area contributed by atoms with Gasteiger partial charge in [0.2, 0.25) is 0 Å². The molecule has 0 saturated heterocycles. The molecule has 0 bridgehead atoms. The number of hydrogen-bond acceptors (Lipinski definition) is 3. The maximum Gasteiger partial charge on any atom is 0.0743 e. The van der Waals surface area contributed by atoms with Gasteiger partial charge < -0.3 is 10.6 Å². The van der Waals surface area contributed by atoms with Crippen LogP contribution in [0.5, 0.6) is 0 Å². The summed E-state index contributed by atoms with van der Waals surface area (Å²) >= 11 is 0. The van der Waals surface area contributed by atoms with Crippen molar-refractivity contribution in [2.24, 2.45) is 11.8 Å². The number of rotatable bonds is 5. The van der Waals surface area contributed by atoms with Gasteiger partial charge in [-0.05, 0) is 61.8 Å². The van der Waals surface area contributed by atoms with Crippen LogP contribution >= 0.6 is 0 Å². The number of fused-ring (bicyclic) bond motifs is 1. The maximum atomic E-state index is 5.88. The second-order valence-electron chi connectivity index (χ2n) is 6.40. The third-order valence-corrected chi connectivity index (χ3v) is 4.44. The van der Waals surface area contributed by atoms with Crippen LogP contribution in [0.15, 0.2) is 30.5 Å². The van der Waals surface area contributed by atoms with Crippen molar-refractivity contribution in [3.63, 3.8) is 0 Å². The molecule has 2 N–H and O–H groups in total. The second-order valence-corrected chi connectivity index (χ2v) is 6.40. The minimum Gasteiger partial charge on any atom is -0.399 e. The molecule has 0 atom stereocenters. The molecule has 0 radical (unpaired) electrons. The molecule has 3 nitrogen and oxygen atoms in total. The van der Waals surface area contributed by atoms with Gasteiger partial charge in [0.15, 0.2) is 0 Å². The fourth-order valence-electron chi connectivity index (χ4n) is 2.92. The van der Waals surface area contributed by atoms with Gasteiger partial charge in [-0.25, -0.2) is 0 Å². The van der Waals surface area contributed by atoms with Gasteiger partial charge in [-0.2, -0.15) is 0 Å². The minimum atomic E-state index is 0.790. The molecule has 2 aliphatic carbocycles. The SMILES string of the molecule is Nc1ccc2c(N(CC3CC3)CC3CC3)ccnc2c1. The molecule has 1 aromatic carbocycles. The number of pyridine rings is 1. The predicted molar refractivity (Wildman–Crippen MR) is 83.8 cm³/mol. The molecule has 0 unspecified atom stereocenters. The normalized spacial score (nSPS) is 18.4. The summed E-state index contributed by atoms with van der Waals surface area (Å²) in [4.78, 5) is 7.06. The van der Waals surface area contributed by atoms with Crippen molar-refractivity contribution in [1.82, 2.24) is 4.98 Å². The zero-order valence-electron chi connectivity index (χ0n) is 11.8. The molecular weight excluding hydrogens is 246 g/mol. The topological polar surface area (TPSA) is 42.1 Å². The number of nitrogens with zero attached hydrogens (tertiary/aromatic N) is 2. The van der Waals surface area contributed by atoms with Crippen molar-refractivity contribution in [2.75, 3.05) is 23.7 Å². The molecule has 4 rings (SSSR count). The summed E-state index contributed by atoms with van der Waals surface area (Å²) < 4.78 is 0. The third-order valence-electron chi connectivity index (χ3n) is 4.44. The van der Waals surface area contributed by atoms with Gasteiger partial charge in [0.1, 0.15) is 0 Å². The Morgan fingerprint density at radius 1 is 1.05 bits per heavy atom. The Balaban J connectivity index is 1.72. The van der Waals surface area contributed by atoms with Crippen molar-refractivity contribution in [1.29, 1.82) is 0 Å². The molecule has 1 aromatic heterocycles. The van der Waals surface area contributed by atoms with E-state index in [1.807, 2.05) is 18.3 Å². The molecule has 0 aliphatic heterocycles. The molecular formula is C17H21N3. The molecule has 3 heteroatoms. The molecule has 0 amide bonds. The highest BCUT2D eigenvalue weighted by atomic mass is 15.1. The van der Waals surface area contributed by atoms with E-state index in [2.05, 4.69) is 22.0 Å². The summed E-state index contributed by atoms with van der Waals surface area (Å²) in [5.41, 5.74) is 9.02. The highest BCUT2D eigenvalue weighted by molar-refractivity contribution is 5.93. The Morgan fingerprint density at radius 2 is 1.75 bits per heavy atom. The largest absolute Gasteiger partial charge is 0.399 e. The van der Waals surface area contributed by atoms with E-state index in [-0.39, 0.29) is 0 Å². The first kappa shape index (κ1) is 12.0. The summed E-state index contributed by atoms with van der Waals surface area (Å²) in [7, 11) is 0. The van der Waals surface area contributed by atoms with E-state index in [0.717, 1.165) is 23.0 Å². The number of aromatic nitrogens is 1. The van der Waals surface area contributed by atoms with Crippen LogP contribution in [0.4, 0.5) is 11.4 Å². The van der Waals surface area contributed by atoms with Crippen LogP contribution in [0.2, 0.25) is 0 Å². The zero-order valence-corrected chi connectivity index (χ0v) is 11.8. The highest BCUT2D eigenvalue weighted by Crippen LogP contribution is 2.37. The lowest BCUT2D eigenvalue weighted by Gasteiger charge is -2.26. The molecule has 2 fully saturated rings. The van der Waals surface area contributed by atoms with Gasteiger partial charge in [0.25, 0.3) is 0 Å². The van der Waals surface area contributed by atoms with Gasteiger partial charge in [0, 0.05) is 36.0 Å². The van der Waals surface area contributed by atoms with Gasteiger partial charge >= 0.3 is 0 Å². The number of benzene rings is 1. The third kappa shape index (κ3) is 2.45. The van der Waals surface area contributed by atoms with E-state index in [1.54, 1.807) is 0 Å². The lowest BCUT2D eigenvalue weighted by Crippen LogP contribution is -2.28. The van der Waals surface area contributed by atoms with Crippen molar-refractivity contribution in [3.8, 4) is 0 Å². The standard InChI is InChI=1S/C17H21N3/c18-14-5-6-15-16(9-14)19-8-7-17(15)20(10-12-1-2-12)11-13-3-4-13/h5-9,12-13H,1-4,10-11,18H2. The number of anilines is 2. The number of nitrogen functional groups attached to an aromatic ring is 1. The van der Waals surface area contributed by atoms with Crippen LogP contribution in [0, 0.1) is 11.8 Å². The zero-order chi connectivity index (χ0) is 13.5. The van der Waals surface area contributed by atoms with Crippen molar-refractivity contribution in [2.45, 2.75) is 25.7 Å². The smallest absolute Gasteiger partial charge is 0.0743 e. The summed E-state index contributed by atoms with van der Waals surface area (Å²) in [6.45, 7) is 2.42. The lowest BCUT2D eigenvalue weighted by molar-refractivity contribution is 0.681. The van der Waals surface area contributed by atoms with Crippen LogP contribution in [-0.4, -0.2) is 18.1 Å². The van der Waals surface area contributed by atoms with Gasteiger partial charge in [0.05, 0.1) is 5.52 Å². The monoisotopic (exact) mass is 267 g/mol. The summed E-state index contributed by atoms with van der Waals surface area (Å²) in [6, 6.07) is 8.26. The first-order valence-corrected chi connectivity index (χ1v) is 7.69. The predicted octanol–water partition coefficient (Wildman–Crippen LogP) is 3.44. The Kier molecular flexibility index (Phi) is 2.79.